The molecule has 0 saturated heterocycles. The number of methoxy groups -OCH3 is 1. The molecule has 0 unspecified atom stereocenters. The van der Waals surface area contributed by atoms with E-state index in [1.165, 1.54) is 12.8 Å². The third-order valence-electron chi connectivity index (χ3n) is 5.72. The van der Waals surface area contributed by atoms with Crippen LogP contribution < -0.4 is 20.7 Å². The van der Waals surface area contributed by atoms with Gasteiger partial charge in [0.2, 0.25) is 0 Å². The van der Waals surface area contributed by atoms with E-state index in [0.717, 1.165) is 61.3 Å². The lowest BCUT2D eigenvalue weighted by Gasteiger charge is -2.32. The Morgan fingerprint density at radius 2 is 1.88 bits per heavy atom. The minimum atomic E-state index is -0.211. The molecule has 2 fully saturated rings. The predicted octanol–water partition coefficient (Wildman–Crippen LogP) is 3.53. The average molecular weight is 344 g/mol. The molecule has 1 heterocycles. The number of rotatable bonds is 4. The maximum absolute atomic E-state index is 6.21. The summed E-state index contributed by atoms with van der Waals surface area (Å²) in [6, 6.07) is 6.39. The second-order valence-corrected chi connectivity index (χ2v) is 7.55. The maximum Gasteiger partial charge on any atom is 0.162 e. The first kappa shape index (κ1) is 16.7. The van der Waals surface area contributed by atoms with Crippen molar-refractivity contribution in [2.24, 2.45) is 5.73 Å². The van der Waals surface area contributed by atoms with Crippen LogP contribution in [0.5, 0.6) is 11.5 Å². The summed E-state index contributed by atoms with van der Waals surface area (Å²) in [5, 5.41) is 0. The fourth-order valence-electron chi connectivity index (χ4n) is 4.12. The Morgan fingerprint density at radius 3 is 2.60 bits per heavy atom. The largest absolute Gasteiger partial charge is 0.493 e. The van der Waals surface area contributed by atoms with Crippen LogP contribution in [0.2, 0.25) is 0 Å². The van der Waals surface area contributed by atoms with Crippen molar-refractivity contribution in [2.45, 2.75) is 69.1 Å². The molecular formula is C20H28N2O3. The summed E-state index contributed by atoms with van der Waals surface area (Å²) < 4.78 is 11.7. The second kappa shape index (κ2) is 6.89. The molecule has 0 bridgehead atoms. The third kappa shape index (κ3) is 3.48. The zero-order valence-electron chi connectivity index (χ0n) is 14.9. The van der Waals surface area contributed by atoms with Crippen molar-refractivity contribution in [3.63, 3.8) is 0 Å². The predicted molar refractivity (Wildman–Crippen MR) is 97.3 cm³/mol. The normalized spacial score (nSPS) is 29.5. The van der Waals surface area contributed by atoms with Crippen LogP contribution in [-0.4, -0.2) is 24.9 Å². The van der Waals surface area contributed by atoms with Crippen molar-refractivity contribution in [2.75, 3.05) is 7.11 Å². The summed E-state index contributed by atoms with van der Waals surface area (Å²) in [6.07, 6.45) is 11.2. The first-order valence-corrected chi connectivity index (χ1v) is 9.45. The van der Waals surface area contributed by atoms with Gasteiger partial charge in [-0.1, -0.05) is 0 Å². The molecule has 2 saturated carbocycles. The van der Waals surface area contributed by atoms with Crippen molar-refractivity contribution in [3.8, 4) is 11.5 Å². The number of hydroxylamine groups is 1. The van der Waals surface area contributed by atoms with Crippen LogP contribution in [0.25, 0.3) is 5.70 Å². The molecule has 5 heteroatoms. The van der Waals surface area contributed by atoms with E-state index in [9.17, 15) is 0 Å². The Morgan fingerprint density at radius 1 is 1.12 bits per heavy atom. The quantitative estimate of drug-likeness (QED) is 0.875. The van der Waals surface area contributed by atoms with E-state index in [1.807, 2.05) is 6.07 Å². The summed E-state index contributed by atoms with van der Waals surface area (Å²) in [5.74, 6) is 1.61. The maximum atomic E-state index is 6.21. The SMILES string of the molecule is COc1ccc(C2=CC3(CCC(N)CC3)ON2)cc1OC1CCCC1. The Hall–Kier alpha value is -1.72. The Labute approximate surface area is 149 Å². The summed E-state index contributed by atoms with van der Waals surface area (Å²) in [7, 11) is 1.69. The molecule has 0 atom stereocenters. The van der Waals surface area contributed by atoms with Gasteiger partial charge in [0.25, 0.3) is 0 Å². The minimum Gasteiger partial charge on any atom is -0.493 e. The molecule has 1 aromatic carbocycles. The topological polar surface area (TPSA) is 65.7 Å². The highest BCUT2D eigenvalue weighted by molar-refractivity contribution is 5.68. The monoisotopic (exact) mass is 344 g/mol. The highest BCUT2D eigenvalue weighted by Gasteiger charge is 2.38. The highest BCUT2D eigenvalue weighted by atomic mass is 16.7. The van der Waals surface area contributed by atoms with Crippen LogP contribution in [0.3, 0.4) is 0 Å². The van der Waals surface area contributed by atoms with Crippen molar-refractivity contribution < 1.29 is 14.3 Å². The van der Waals surface area contributed by atoms with Gasteiger partial charge < -0.3 is 15.2 Å². The highest BCUT2D eigenvalue weighted by Crippen LogP contribution is 2.39. The molecule has 25 heavy (non-hydrogen) atoms. The fourth-order valence-corrected chi connectivity index (χ4v) is 4.12. The number of benzene rings is 1. The summed E-state index contributed by atoms with van der Waals surface area (Å²) in [6.45, 7) is 0. The second-order valence-electron chi connectivity index (χ2n) is 7.55. The molecule has 1 spiro atoms. The first-order chi connectivity index (χ1) is 12.2. The van der Waals surface area contributed by atoms with Gasteiger partial charge in [-0.2, -0.15) is 0 Å². The number of nitrogens with two attached hydrogens (primary N) is 1. The van der Waals surface area contributed by atoms with Gasteiger partial charge >= 0.3 is 0 Å². The van der Waals surface area contributed by atoms with E-state index in [4.69, 9.17) is 20.0 Å². The molecule has 3 aliphatic rings. The lowest BCUT2D eigenvalue weighted by Crippen LogP contribution is -2.39. The molecular weight excluding hydrogens is 316 g/mol. The standard InChI is InChI=1S/C20H28N2O3/c1-23-18-7-6-14(12-19(18)24-16-4-2-3-5-16)17-13-20(25-22-17)10-8-15(21)9-11-20/h6-7,12-13,15-16,22H,2-5,8-11,21H2,1H3. The Balaban J connectivity index is 1.55. The molecule has 2 aliphatic carbocycles. The zero-order chi connectivity index (χ0) is 17.3. The fraction of sp³-hybridized carbons (Fsp3) is 0.600. The van der Waals surface area contributed by atoms with Crippen molar-refractivity contribution in [1.29, 1.82) is 0 Å². The van der Waals surface area contributed by atoms with Crippen LogP contribution in [-0.2, 0) is 4.84 Å². The van der Waals surface area contributed by atoms with E-state index in [1.54, 1.807) is 7.11 Å². The van der Waals surface area contributed by atoms with Gasteiger partial charge in [0.15, 0.2) is 11.5 Å². The zero-order valence-corrected chi connectivity index (χ0v) is 14.9. The van der Waals surface area contributed by atoms with Crippen LogP contribution in [0.15, 0.2) is 24.3 Å². The van der Waals surface area contributed by atoms with Gasteiger partial charge in [0.1, 0.15) is 5.60 Å². The number of ether oxygens (including phenoxy) is 2. The average Bonchev–Trinajstić information content (AvgIpc) is 3.28. The van der Waals surface area contributed by atoms with Gasteiger partial charge in [-0.25, -0.2) is 0 Å². The Bertz CT molecular complexity index is 644. The van der Waals surface area contributed by atoms with Crippen LogP contribution in [0.1, 0.15) is 56.9 Å². The molecule has 4 rings (SSSR count). The van der Waals surface area contributed by atoms with E-state index in [-0.39, 0.29) is 5.60 Å². The van der Waals surface area contributed by atoms with Gasteiger partial charge in [0.05, 0.1) is 18.9 Å². The van der Waals surface area contributed by atoms with Crippen LogP contribution in [0.4, 0.5) is 0 Å². The summed E-state index contributed by atoms with van der Waals surface area (Å²) in [5.41, 5.74) is 11.0. The number of hydrogen-bond donors (Lipinski definition) is 2. The third-order valence-corrected chi connectivity index (χ3v) is 5.72. The lowest BCUT2D eigenvalue weighted by atomic mass is 9.82. The van der Waals surface area contributed by atoms with E-state index in [0.29, 0.717) is 12.1 Å². The van der Waals surface area contributed by atoms with Gasteiger partial charge in [0, 0.05) is 11.6 Å². The van der Waals surface area contributed by atoms with Crippen molar-refractivity contribution in [1.82, 2.24) is 5.48 Å². The van der Waals surface area contributed by atoms with Gasteiger partial charge in [-0.05, 0) is 75.6 Å². The molecule has 1 aromatic rings. The number of hydrogen-bond acceptors (Lipinski definition) is 5. The molecule has 0 radical (unpaired) electrons. The molecule has 0 amide bonds. The van der Waals surface area contributed by atoms with Crippen LogP contribution in [0, 0.1) is 0 Å². The first-order valence-electron chi connectivity index (χ1n) is 9.45. The molecule has 0 aromatic heterocycles. The van der Waals surface area contributed by atoms with E-state index in [2.05, 4.69) is 23.7 Å². The molecule has 3 N–H and O–H groups in total. The smallest absolute Gasteiger partial charge is 0.162 e. The van der Waals surface area contributed by atoms with Gasteiger partial charge in [-0.15, -0.1) is 0 Å². The van der Waals surface area contributed by atoms with Crippen molar-refractivity contribution in [3.05, 3.63) is 29.8 Å². The summed E-state index contributed by atoms with van der Waals surface area (Å²) >= 11 is 0. The molecule has 136 valence electrons. The van der Waals surface area contributed by atoms with E-state index < -0.39 is 0 Å². The van der Waals surface area contributed by atoms with E-state index >= 15 is 0 Å². The minimum absolute atomic E-state index is 0.211. The number of nitrogens with one attached hydrogen (secondary N) is 1. The van der Waals surface area contributed by atoms with Crippen LogP contribution >= 0.6 is 0 Å². The van der Waals surface area contributed by atoms with Gasteiger partial charge in [-0.3, -0.25) is 10.3 Å². The molecule has 1 aliphatic heterocycles. The Kier molecular flexibility index (Phi) is 4.61. The lowest BCUT2D eigenvalue weighted by molar-refractivity contribution is -0.0581. The molecule has 5 nitrogen and oxygen atoms in total. The van der Waals surface area contributed by atoms with Crippen molar-refractivity contribution >= 4 is 5.70 Å². The summed E-state index contributed by atoms with van der Waals surface area (Å²) in [4.78, 5) is 5.96.